The monoisotopic (exact) mass is 255 g/mol. The summed E-state index contributed by atoms with van der Waals surface area (Å²) in [5.74, 6) is 1.10. The highest BCUT2D eigenvalue weighted by molar-refractivity contribution is 9.10. The molecule has 0 radical (unpaired) electrons. The maximum atomic E-state index is 8.44. The van der Waals surface area contributed by atoms with E-state index in [9.17, 15) is 0 Å². The van der Waals surface area contributed by atoms with Gasteiger partial charge in [0.1, 0.15) is 22.4 Å². The Morgan fingerprint density at radius 1 is 1.64 bits per heavy atom. The summed E-state index contributed by atoms with van der Waals surface area (Å²) >= 11 is 3.30. The average molecular weight is 256 g/mol. The molecule has 0 spiro atoms. The lowest BCUT2D eigenvalue weighted by atomic mass is 10.4. The Labute approximate surface area is 90.7 Å². The van der Waals surface area contributed by atoms with Crippen molar-refractivity contribution < 1.29 is 0 Å². The number of anilines is 2. The maximum absolute atomic E-state index is 8.44. The van der Waals surface area contributed by atoms with Gasteiger partial charge < -0.3 is 10.6 Å². The third-order valence-corrected chi connectivity index (χ3v) is 2.48. The molecule has 1 aromatic rings. The van der Waals surface area contributed by atoms with Crippen LogP contribution in [-0.4, -0.2) is 23.6 Å². The first-order chi connectivity index (χ1) is 6.66. The first-order valence-corrected chi connectivity index (χ1v) is 4.80. The Bertz CT molecular complexity index is 359. The highest BCUT2D eigenvalue weighted by atomic mass is 79.9. The molecule has 0 saturated carbocycles. The van der Waals surface area contributed by atoms with Gasteiger partial charge in [0.2, 0.25) is 0 Å². The summed E-state index contributed by atoms with van der Waals surface area (Å²) in [6, 6.07) is 2.07. The molecule has 1 heterocycles. The van der Waals surface area contributed by atoms with E-state index in [4.69, 9.17) is 11.0 Å². The van der Waals surface area contributed by atoms with Crippen LogP contribution in [0.5, 0.6) is 0 Å². The van der Waals surface area contributed by atoms with Crippen molar-refractivity contribution in [3.63, 3.8) is 0 Å². The van der Waals surface area contributed by atoms with Gasteiger partial charge in [0.25, 0.3) is 0 Å². The zero-order valence-corrected chi connectivity index (χ0v) is 9.32. The lowest BCUT2D eigenvalue weighted by Crippen LogP contribution is -2.20. The number of nitrogens with two attached hydrogens (primary N) is 1. The molecule has 0 atom stereocenters. The van der Waals surface area contributed by atoms with Crippen LogP contribution in [0.4, 0.5) is 11.6 Å². The average Bonchev–Trinajstić information content (AvgIpc) is 2.18. The fraction of sp³-hybridized carbons (Fsp3) is 0.375. The molecule has 0 saturated heterocycles. The number of aromatic nitrogens is 2. The van der Waals surface area contributed by atoms with Gasteiger partial charge in [0, 0.05) is 13.6 Å². The smallest absolute Gasteiger partial charge is 0.148 e. The van der Waals surface area contributed by atoms with Crippen LogP contribution >= 0.6 is 15.9 Å². The topological polar surface area (TPSA) is 78.8 Å². The molecule has 0 aliphatic carbocycles. The second-order valence-corrected chi connectivity index (χ2v) is 3.52. The minimum absolute atomic E-state index is 0.402. The highest BCUT2D eigenvalue weighted by Crippen LogP contribution is 2.26. The van der Waals surface area contributed by atoms with Gasteiger partial charge >= 0.3 is 0 Å². The van der Waals surface area contributed by atoms with Crippen molar-refractivity contribution >= 4 is 27.6 Å². The van der Waals surface area contributed by atoms with Crippen molar-refractivity contribution in [3.8, 4) is 6.07 Å². The highest BCUT2D eigenvalue weighted by Gasteiger charge is 2.09. The summed E-state index contributed by atoms with van der Waals surface area (Å²) < 4.78 is 0.667. The first-order valence-electron chi connectivity index (χ1n) is 4.01. The van der Waals surface area contributed by atoms with Gasteiger partial charge in [-0.2, -0.15) is 5.26 Å². The lowest BCUT2D eigenvalue weighted by molar-refractivity contribution is 0.876. The van der Waals surface area contributed by atoms with Crippen LogP contribution in [0.1, 0.15) is 6.42 Å². The molecule has 0 amide bonds. The number of nitrogen functional groups attached to an aromatic ring is 1. The van der Waals surface area contributed by atoms with Crippen molar-refractivity contribution in [3.05, 3.63) is 10.8 Å². The molecule has 6 heteroatoms. The Kier molecular flexibility index (Phi) is 3.65. The van der Waals surface area contributed by atoms with Gasteiger partial charge in [-0.15, -0.1) is 0 Å². The predicted molar refractivity (Wildman–Crippen MR) is 57.6 cm³/mol. The Morgan fingerprint density at radius 2 is 2.36 bits per heavy atom. The van der Waals surface area contributed by atoms with Gasteiger partial charge in [-0.05, 0) is 15.9 Å². The minimum atomic E-state index is 0.402. The molecule has 0 unspecified atom stereocenters. The quantitative estimate of drug-likeness (QED) is 0.878. The standard InChI is InChI=1S/C8H10BrN5/c1-14(4-2-3-10)8-6(9)7(11)12-5-13-8/h5H,2,4H2,1H3,(H2,11,12,13). The number of halogens is 1. The molecule has 0 aromatic carbocycles. The first kappa shape index (κ1) is 10.7. The summed E-state index contributed by atoms with van der Waals surface area (Å²) in [6.07, 6.45) is 1.85. The Balaban J connectivity index is 2.85. The van der Waals surface area contributed by atoms with E-state index in [2.05, 4.69) is 32.0 Å². The number of rotatable bonds is 3. The molecule has 0 aliphatic heterocycles. The molecular weight excluding hydrogens is 246 g/mol. The number of nitrogens with zero attached hydrogens (tertiary/aromatic N) is 4. The molecule has 74 valence electrons. The number of nitriles is 1. The summed E-state index contributed by atoms with van der Waals surface area (Å²) in [7, 11) is 1.85. The second-order valence-electron chi connectivity index (χ2n) is 2.73. The third kappa shape index (κ3) is 2.33. The fourth-order valence-corrected chi connectivity index (χ4v) is 1.47. The lowest BCUT2D eigenvalue weighted by Gasteiger charge is -2.17. The van der Waals surface area contributed by atoms with Crippen LogP contribution in [-0.2, 0) is 0 Å². The molecule has 0 aliphatic rings. The SMILES string of the molecule is CN(CCC#N)c1ncnc(N)c1Br. The second kappa shape index (κ2) is 4.77. The van der Waals surface area contributed by atoms with Crippen LogP contribution in [0.15, 0.2) is 10.8 Å². The minimum Gasteiger partial charge on any atom is -0.383 e. The van der Waals surface area contributed by atoms with E-state index in [0.717, 1.165) is 0 Å². The van der Waals surface area contributed by atoms with Crippen molar-refractivity contribution in [1.82, 2.24) is 9.97 Å². The van der Waals surface area contributed by atoms with Crippen LogP contribution in [0.25, 0.3) is 0 Å². The molecule has 1 aromatic heterocycles. The summed E-state index contributed by atoms with van der Waals surface area (Å²) in [4.78, 5) is 9.75. The van der Waals surface area contributed by atoms with Gasteiger partial charge in [-0.25, -0.2) is 9.97 Å². The normalized spacial score (nSPS) is 9.50. The van der Waals surface area contributed by atoms with Crippen molar-refractivity contribution in [1.29, 1.82) is 5.26 Å². The largest absolute Gasteiger partial charge is 0.383 e. The van der Waals surface area contributed by atoms with E-state index < -0.39 is 0 Å². The van der Waals surface area contributed by atoms with E-state index in [-0.39, 0.29) is 0 Å². The number of hydrogen-bond acceptors (Lipinski definition) is 5. The fourth-order valence-electron chi connectivity index (χ4n) is 0.963. The molecule has 2 N–H and O–H groups in total. The van der Waals surface area contributed by atoms with Gasteiger partial charge in [0.05, 0.1) is 12.5 Å². The zero-order chi connectivity index (χ0) is 10.6. The van der Waals surface area contributed by atoms with Crippen LogP contribution in [0, 0.1) is 11.3 Å². The molecular formula is C8H10BrN5. The zero-order valence-electron chi connectivity index (χ0n) is 7.74. The van der Waals surface area contributed by atoms with Gasteiger partial charge in [-0.3, -0.25) is 0 Å². The van der Waals surface area contributed by atoms with E-state index in [1.165, 1.54) is 6.33 Å². The van der Waals surface area contributed by atoms with Gasteiger partial charge in [0.15, 0.2) is 0 Å². The van der Waals surface area contributed by atoms with Crippen molar-refractivity contribution in [2.45, 2.75) is 6.42 Å². The van der Waals surface area contributed by atoms with Crippen molar-refractivity contribution in [2.75, 3.05) is 24.2 Å². The van der Waals surface area contributed by atoms with Crippen LogP contribution in [0.2, 0.25) is 0 Å². The molecule has 5 nitrogen and oxygen atoms in total. The van der Waals surface area contributed by atoms with Crippen LogP contribution < -0.4 is 10.6 Å². The molecule has 14 heavy (non-hydrogen) atoms. The van der Waals surface area contributed by atoms with E-state index in [1.807, 2.05) is 11.9 Å². The maximum Gasteiger partial charge on any atom is 0.148 e. The van der Waals surface area contributed by atoms with E-state index in [0.29, 0.717) is 29.1 Å². The molecule has 1 rings (SSSR count). The Morgan fingerprint density at radius 3 is 3.00 bits per heavy atom. The van der Waals surface area contributed by atoms with E-state index >= 15 is 0 Å². The third-order valence-electron chi connectivity index (χ3n) is 1.72. The molecule has 0 fully saturated rings. The summed E-state index contributed by atoms with van der Waals surface area (Å²) in [6.45, 7) is 0.617. The van der Waals surface area contributed by atoms with Crippen molar-refractivity contribution in [2.24, 2.45) is 0 Å². The summed E-state index contributed by atoms with van der Waals surface area (Å²) in [5.41, 5.74) is 5.60. The molecule has 0 bridgehead atoms. The Hall–Kier alpha value is -1.35. The number of hydrogen-bond donors (Lipinski definition) is 1. The summed E-state index contributed by atoms with van der Waals surface area (Å²) in [5, 5.41) is 8.44. The van der Waals surface area contributed by atoms with Gasteiger partial charge in [-0.1, -0.05) is 0 Å². The predicted octanol–water partition coefficient (Wildman–Crippen LogP) is 1.17. The van der Waals surface area contributed by atoms with Crippen LogP contribution in [0.3, 0.4) is 0 Å². The van der Waals surface area contributed by atoms with E-state index in [1.54, 1.807) is 0 Å².